The number of nitrogens with one attached hydrogen (secondary N) is 1. The second-order valence-electron chi connectivity index (χ2n) is 6.99. The van der Waals surface area contributed by atoms with E-state index in [9.17, 15) is 26.7 Å². The van der Waals surface area contributed by atoms with Gasteiger partial charge < -0.3 is 10.2 Å². The van der Waals surface area contributed by atoms with E-state index in [1.807, 2.05) is 0 Å². The molecule has 4 heterocycles. The van der Waals surface area contributed by atoms with Crippen LogP contribution in [-0.4, -0.2) is 43.5 Å². The number of amides is 2. The van der Waals surface area contributed by atoms with Gasteiger partial charge in [-0.15, -0.1) is 0 Å². The third kappa shape index (κ3) is 3.25. The molecule has 0 bridgehead atoms. The molecule has 4 rings (SSSR count). The van der Waals surface area contributed by atoms with Gasteiger partial charge in [-0.25, -0.2) is 23.1 Å². The molecule has 1 atom stereocenters. The second kappa shape index (κ2) is 7.23. The minimum absolute atomic E-state index is 0.0432. The van der Waals surface area contributed by atoms with Crippen LogP contribution in [0.1, 0.15) is 24.7 Å². The van der Waals surface area contributed by atoms with Crippen LogP contribution in [0.5, 0.6) is 0 Å². The summed E-state index contributed by atoms with van der Waals surface area (Å²) in [7, 11) is 0. The van der Waals surface area contributed by atoms with Gasteiger partial charge in [-0.2, -0.15) is 18.3 Å². The van der Waals surface area contributed by atoms with E-state index in [0.29, 0.717) is 0 Å². The molecular weight excluding hydrogens is 463 g/mol. The highest BCUT2D eigenvalue weighted by Crippen LogP contribution is 2.50. The lowest BCUT2D eigenvalue weighted by Gasteiger charge is -2.28. The number of hydrogen-bond acceptors (Lipinski definition) is 5. The molecule has 0 fully saturated rings. The van der Waals surface area contributed by atoms with Crippen LogP contribution >= 0.6 is 11.6 Å². The molecule has 3 aromatic heterocycles. The maximum Gasteiger partial charge on any atom is 0.401 e. The number of rotatable bonds is 2. The summed E-state index contributed by atoms with van der Waals surface area (Å²) in [4.78, 5) is 20.6. The molecule has 0 saturated heterocycles. The van der Waals surface area contributed by atoms with Crippen molar-refractivity contribution < 1.29 is 26.7 Å². The lowest BCUT2D eigenvalue weighted by Crippen LogP contribution is -2.46. The number of nitrogens with zero attached hydrogens (tertiary/aromatic N) is 7. The molecule has 2 amide bonds. The number of carbonyl (C=O) groups excluding carboxylic acids is 1. The van der Waals surface area contributed by atoms with Gasteiger partial charge in [-0.1, -0.05) is 23.3 Å². The van der Waals surface area contributed by atoms with Crippen molar-refractivity contribution in [1.82, 2.24) is 24.8 Å². The molecule has 0 unspecified atom stereocenters. The van der Waals surface area contributed by atoms with Crippen molar-refractivity contribution in [3.05, 3.63) is 46.3 Å². The molecular formula is C17H10ClF5N8O. The average molecular weight is 473 g/mol. The van der Waals surface area contributed by atoms with E-state index >= 15 is 0 Å². The highest BCUT2D eigenvalue weighted by atomic mass is 35.5. The molecule has 0 aliphatic carbocycles. The summed E-state index contributed by atoms with van der Waals surface area (Å²) < 4.78 is 69.1. The Morgan fingerprint density at radius 1 is 1.34 bits per heavy atom. The Morgan fingerprint density at radius 3 is 2.69 bits per heavy atom. The molecule has 0 aromatic carbocycles. The Kier molecular flexibility index (Phi) is 4.88. The number of urea groups is 1. The zero-order chi connectivity index (χ0) is 23.4. The number of aromatic nitrogens is 5. The lowest BCUT2D eigenvalue weighted by atomic mass is 9.88. The maximum atomic E-state index is 14.1. The maximum absolute atomic E-state index is 14.1. The smallest absolute Gasteiger partial charge is 0.357 e. The van der Waals surface area contributed by atoms with Crippen LogP contribution in [0.2, 0.25) is 5.15 Å². The predicted molar refractivity (Wildman–Crippen MR) is 101 cm³/mol. The first-order valence-corrected chi connectivity index (χ1v) is 9.07. The summed E-state index contributed by atoms with van der Waals surface area (Å²) in [5.41, 5.74) is -4.33. The Balaban J connectivity index is 1.80. The number of carbonyl (C=O) groups is 1. The second-order valence-corrected chi connectivity index (χ2v) is 7.38. The van der Waals surface area contributed by atoms with Crippen LogP contribution in [0.4, 0.5) is 43.9 Å². The third-order valence-corrected chi connectivity index (χ3v) is 5.14. The first kappa shape index (κ1) is 21.6. The number of alkyl halides is 5. The van der Waals surface area contributed by atoms with Crippen molar-refractivity contribution in [2.45, 2.75) is 24.9 Å². The fourth-order valence-corrected chi connectivity index (χ4v) is 3.53. The minimum atomic E-state index is -4.80. The monoisotopic (exact) mass is 472 g/mol. The zero-order valence-electron chi connectivity index (χ0n) is 15.8. The Morgan fingerprint density at radius 2 is 2.06 bits per heavy atom. The van der Waals surface area contributed by atoms with E-state index in [-0.39, 0.29) is 22.2 Å². The highest BCUT2D eigenvalue weighted by molar-refractivity contribution is 6.29. The largest absolute Gasteiger partial charge is 0.401 e. The summed E-state index contributed by atoms with van der Waals surface area (Å²) in [5.74, 6) is -0.506. The highest BCUT2D eigenvalue weighted by Gasteiger charge is 2.60. The van der Waals surface area contributed by atoms with E-state index in [4.69, 9.17) is 18.2 Å². The fourth-order valence-electron chi connectivity index (χ4n) is 3.36. The van der Waals surface area contributed by atoms with Crippen molar-refractivity contribution in [2.75, 3.05) is 16.8 Å². The van der Waals surface area contributed by atoms with Gasteiger partial charge in [0.1, 0.15) is 5.41 Å². The normalized spacial score (nSPS) is 18.2. The molecule has 0 radical (unpaired) electrons. The van der Waals surface area contributed by atoms with Crippen molar-refractivity contribution in [3.63, 3.8) is 0 Å². The molecule has 1 N–H and O–H groups in total. The van der Waals surface area contributed by atoms with E-state index in [1.54, 1.807) is 0 Å². The van der Waals surface area contributed by atoms with Crippen molar-refractivity contribution in [1.29, 1.82) is 0 Å². The fraction of sp³-hybridized carbons (Fsp3) is 0.294. The number of hydrogen-bond donors (Lipinski definition) is 1. The van der Waals surface area contributed by atoms with Gasteiger partial charge in [0, 0.05) is 17.7 Å². The summed E-state index contributed by atoms with van der Waals surface area (Å²) >= 11 is 5.82. The minimum Gasteiger partial charge on any atom is -0.357 e. The Hall–Kier alpha value is -3.60. The van der Waals surface area contributed by atoms with E-state index < -0.39 is 47.8 Å². The van der Waals surface area contributed by atoms with Gasteiger partial charge in [0.2, 0.25) is 0 Å². The van der Waals surface area contributed by atoms with Crippen LogP contribution in [0.15, 0.2) is 18.3 Å². The van der Waals surface area contributed by atoms with Gasteiger partial charge in [0.05, 0.1) is 23.3 Å². The van der Waals surface area contributed by atoms with Gasteiger partial charge >= 0.3 is 18.0 Å². The molecule has 0 spiro atoms. The molecule has 166 valence electrons. The third-order valence-electron chi connectivity index (χ3n) is 4.96. The molecule has 9 nitrogen and oxygen atoms in total. The zero-order valence-corrected chi connectivity index (χ0v) is 16.6. The van der Waals surface area contributed by atoms with Crippen molar-refractivity contribution >= 4 is 40.5 Å². The van der Waals surface area contributed by atoms with Crippen LogP contribution in [0.25, 0.3) is 10.5 Å². The molecule has 15 heteroatoms. The Bertz CT molecular complexity index is 1290. The Labute approximate surface area is 180 Å². The molecule has 0 saturated carbocycles. The van der Waals surface area contributed by atoms with Gasteiger partial charge in [-0.05, 0) is 13.0 Å². The predicted octanol–water partition coefficient (Wildman–Crippen LogP) is 4.53. The van der Waals surface area contributed by atoms with Crippen molar-refractivity contribution in [3.8, 4) is 0 Å². The molecule has 32 heavy (non-hydrogen) atoms. The van der Waals surface area contributed by atoms with Crippen LogP contribution in [0.3, 0.4) is 0 Å². The summed E-state index contributed by atoms with van der Waals surface area (Å²) in [6, 6.07) is 0.881. The first-order valence-electron chi connectivity index (χ1n) is 8.69. The van der Waals surface area contributed by atoms with Crippen LogP contribution < -0.4 is 10.2 Å². The molecule has 1 aliphatic rings. The number of fused-ring (bicyclic) bond motifs is 3. The number of halogens is 6. The van der Waals surface area contributed by atoms with Gasteiger partial charge in [0.15, 0.2) is 16.5 Å². The SMILES string of the molecule is [C-]#[N+]c1nnc(C(F)F)cc1NC(=O)N1C[C@@](C)(C(F)(F)F)c2c1cnc1cc(Cl)nn21. The number of anilines is 2. The van der Waals surface area contributed by atoms with E-state index in [2.05, 4.69) is 30.4 Å². The quantitative estimate of drug-likeness (QED) is 0.437. The van der Waals surface area contributed by atoms with Gasteiger partial charge in [0.25, 0.3) is 6.43 Å². The summed E-state index contributed by atoms with van der Waals surface area (Å²) in [5, 5.41) is 12.4. The molecule has 1 aliphatic heterocycles. The van der Waals surface area contributed by atoms with Crippen molar-refractivity contribution in [2.24, 2.45) is 0 Å². The van der Waals surface area contributed by atoms with Crippen LogP contribution in [-0.2, 0) is 5.41 Å². The van der Waals surface area contributed by atoms with E-state index in [0.717, 1.165) is 28.6 Å². The van der Waals surface area contributed by atoms with E-state index in [1.165, 1.54) is 6.07 Å². The lowest BCUT2D eigenvalue weighted by molar-refractivity contribution is -0.181. The average Bonchev–Trinajstić information content (AvgIpc) is 3.24. The van der Waals surface area contributed by atoms with Gasteiger partial charge in [-0.3, -0.25) is 4.90 Å². The van der Waals surface area contributed by atoms with Crippen LogP contribution in [0, 0.1) is 6.57 Å². The summed E-state index contributed by atoms with van der Waals surface area (Å²) in [6.45, 7) is 7.09. The first-order chi connectivity index (χ1) is 15.0. The molecule has 3 aromatic rings. The summed E-state index contributed by atoms with van der Waals surface area (Å²) in [6.07, 6.45) is -6.78. The standard InChI is InChI=1S/C17H10ClF5N8O/c1-16(17(21,22)23)6-30(9-5-25-11-4-10(18)29-31(11)12(9)16)15(32)26-8-3-7(13(19)20)27-28-14(8)24-2/h3-5,13H,6H2,1H3,(H,26,27,32)/t16-/m1/s1. The topological polar surface area (TPSA) is 92.7 Å².